The summed E-state index contributed by atoms with van der Waals surface area (Å²) in [7, 11) is 0. The number of halogens is 1. The van der Waals surface area contributed by atoms with Crippen LogP contribution in [0.1, 0.15) is 32.1 Å². The predicted octanol–water partition coefficient (Wildman–Crippen LogP) is 2.57. The van der Waals surface area contributed by atoms with Crippen molar-refractivity contribution in [3.8, 4) is 5.75 Å². The van der Waals surface area contributed by atoms with Crippen LogP contribution in [0, 0.1) is 23.6 Å². The van der Waals surface area contributed by atoms with Gasteiger partial charge in [0.25, 0.3) is 0 Å². The SMILES string of the molecule is NC1C2CCC(C2)C1C(=O)N1CCC(Oc2ccc(F)cc2)CC1. The first-order valence-electron chi connectivity index (χ1n) is 9.08. The lowest BCUT2D eigenvalue weighted by Gasteiger charge is -2.37. The number of nitrogens with two attached hydrogens (primary N) is 1. The van der Waals surface area contributed by atoms with Gasteiger partial charge in [-0.1, -0.05) is 0 Å². The topological polar surface area (TPSA) is 55.6 Å². The molecule has 0 spiro atoms. The van der Waals surface area contributed by atoms with E-state index >= 15 is 0 Å². The molecule has 2 bridgehead atoms. The highest BCUT2D eigenvalue weighted by Crippen LogP contribution is 2.48. The van der Waals surface area contributed by atoms with Gasteiger partial charge in [-0.15, -0.1) is 0 Å². The molecule has 4 atom stereocenters. The van der Waals surface area contributed by atoms with Gasteiger partial charge in [0.2, 0.25) is 5.91 Å². The number of ether oxygens (including phenoxy) is 1. The molecule has 4 unspecified atom stereocenters. The number of carbonyl (C=O) groups excluding carboxylic acids is 1. The van der Waals surface area contributed by atoms with Gasteiger partial charge in [-0.05, 0) is 55.4 Å². The Morgan fingerprint density at radius 3 is 2.38 bits per heavy atom. The number of carbonyl (C=O) groups is 1. The third-order valence-electron chi connectivity index (χ3n) is 6.14. The number of hydrogen-bond acceptors (Lipinski definition) is 3. The standard InChI is InChI=1S/C19H25FN2O2/c20-14-3-5-15(6-4-14)24-16-7-9-22(10-8-16)19(23)17-12-1-2-13(11-12)18(17)21/h3-6,12-13,16-18H,1-2,7-11,21H2. The van der Waals surface area contributed by atoms with E-state index < -0.39 is 0 Å². The average molecular weight is 332 g/mol. The van der Waals surface area contributed by atoms with E-state index in [0.717, 1.165) is 32.4 Å². The van der Waals surface area contributed by atoms with E-state index in [2.05, 4.69) is 0 Å². The fourth-order valence-electron chi connectivity index (χ4n) is 4.81. The smallest absolute Gasteiger partial charge is 0.227 e. The largest absolute Gasteiger partial charge is 0.490 e. The Hall–Kier alpha value is -1.62. The lowest BCUT2D eigenvalue weighted by Crippen LogP contribution is -2.50. The van der Waals surface area contributed by atoms with Crippen molar-refractivity contribution in [1.29, 1.82) is 0 Å². The van der Waals surface area contributed by atoms with Gasteiger partial charge < -0.3 is 15.4 Å². The van der Waals surface area contributed by atoms with Crippen LogP contribution in [0.3, 0.4) is 0 Å². The number of likely N-dealkylation sites (tertiary alicyclic amines) is 1. The summed E-state index contributed by atoms with van der Waals surface area (Å²) in [6.45, 7) is 1.45. The van der Waals surface area contributed by atoms with Crippen LogP contribution in [-0.2, 0) is 4.79 Å². The molecule has 1 aliphatic heterocycles. The number of benzene rings is 1. The van der Waals surface area contributed by atoms with Crippen LogP contribution < -0.4 is 10.5 Å². The van der Waals surface area contributed by atoms with Crippen molar-refractivity contribution in [3.63, 3.8) is 0 Å². The molecule has 1 aromatic rings. The number of rotatable bonds is 3. The monoisotopic (exact) mass is 332 g/mol. The van der Waals surface area contributed by atoms with Gasteiger partial charge in [0.15, 0.2) is 0 Å². The second-order valence-corrected chi connectivity index (χ2v) is 7.53. The van der Waals surface area contributed by atoms with Crippen molar-refractivity contribution in [2.24, 2.45) is 23.5 Å². The van der Waals surface area contributed by atoms with E-state index in [9.17, 15) is 9.18 Å². The van der Waals surface area contributed by atoms with Crippen molar-refractivity contribution >= 4 is 5.91 Å². The molecular formula is C19H25FN2O2. The molecule has 2 N–H and O–H groups in total. The fraction of sp³-hybridized carbons (Fsp3) is 0.632. The highest BCUT2D eigenvalue weighted by Gasteiger charge is 2.50. The maximum absolute atomic E-state index is 12.9. The average Bonchev–Trinajstić information content (AvgIpc) is 3.18. The lowest BCUT2D eigenvalue weighted by molar-refractivity contribution is -0.139. The molecular weight excluding hydrogens is 307 g/mol. The molecule has 4 nitrogen and oxygen atoms in total. The Balaban J connectivity index is 1.31. The van der Waals surface area contributed by atoms with Gasteiger partial charge in [0.05, 0.1) is 5.92 Å². The third-order valence-corrected chi connectivity index (χ3v) is 6.14. The molecule has 1 aromatic carbocycles. The highest BCUT2D eigenvalue weighted by molar-refractivity contribution is 5.80. The zero-order chi connectivity index (χ0) is 16.7. The van der Waals surface area contributed by atoms with Crippen LogP contribution in [0.4, 0.5) is 4.39 Å². The van der Waals surface area contributed by atoms with Crippen molar-refractivity contribution < 1.29 is 13.9 Å². The molecule has 24 heavy (non-hydrogen) atoms. The molecule has 130 valence electrons. The van der Waals surface area contributed by atoms with Gasteiger partial charge >= 0.3 is 0 Å². The first-order valence-corrected chi connectivity index (χ1v) is 9.08. The zero-order valence-electron chi connectivity index (χ0n) is 13.9. The Bertz CT molecular complexity index is 596. The number of piperidine rings is 1. The second-order valence-electron chi connectivity index (χ2n) is 7.53. The van der Waals surface area contributed by atoms with Crippen LogP contribution in [0.25, 0.3) is 0 Å². The summed E-state index contributed by atoms with van der Waals surface area (Å²) >= 11 is 0. The summed E-state index contributed by atoms with van der Waals surface area (Å²) in [6.07, 6.45) is 5.23. The van der Waals surface area contributed by atoms with Gasteiger partial charge in [-0.2, -0.15) is 0 Å². The van der Waals surface area contributed by atoms with Gasteiger partial charge in [-0.25, -0.2) is 4.39 Å². The minimum atomic E-state index is -0.259. The second kappa shape index (κ2) is 6.36. The predicted molar refractivity (Wildman–Crippen MR) is 88.9 cm³/mol. The molecule has 1 heterocycles. The molecule has 3 aliphatic rings. The van der Waals surface area contributed by atoms with Gasteiger partial charge in [-0.3, -0.25) is 4.79 Å². The normalized spacial score (nSPS) is 33.0. The van der Waals surface area contributed by atoms with Crippen molar-refractivity contribution in [3.05, 3.63) is 30.1 Å². The van der Waals surface area contributed by atoms with Crippen LogP contribution in [0.15, 0.2) is 24.3 Å². The van der Waals surface area contributed by atoms with E-state index in [4.69, 9.17) is 10.5 Å². The molecule has 1 saturated heterocycles. The Morgan fingerprint density at radius 1 is 1.08 bits per heavy atom. The fourth-order valence-corrected chi connectivity index (χ4v) is 4.81. The van der Waals surface area contributed by atoms with Crippen molar-refractivity contribution in [2.75, 3.05) is 13.1 Å². The minimum Gasteiger partial charge on any atom is -0.490 e. The highest BCUT2D eigenvalue weighted by atomic mass is 19.1. The van der Waals surface area contributed by atoms with E-state index in [1.807, 2.05) is 4.90 Å². The zero-order valence-corrected chi connectivity index (χ0v) is 13.9. The Kier molecular flexibility index (Phi) is 4.21. The summed E-state index contributed by atoms with van der Waals surface area (Å²) in [5.74, 6) is 1.79. The molecule has 3 fully saturated rings. The maximum Gasteiger partial charge on any atom is 0.227 e. The molecule has 2 saturated carbocycles. The first-order chi connectivity index (χ1) is 11.6. The quantitative estimate of drug-likeness (QED) is 0.925. The Morgan fingerprint density at radius 2 is 1.75 bits per heavy atom. The van der Waals surface area contributed by atoms with E-state index in [1.54, 1.807) is 12.1 Å². The summed E-state index contributed by atoms with van der Waals surface area (Å²) in [4.78, 5) is 14.8. The summed E-state index contributed by atoms with van der Waals surface area (Å²) < 4.78 is 18.8. The first kappa shape index (κ1) is 15.9. The van der Waals surface area contributed by atoms with Crippen molar-refractivity contribution in [2.45, 2.75) is 44.2 Å². The molecule has 5 heteroatoms. The van der Waals surface area contributed by atoms with E-state index in [0.29, 0.717) is 17.6 Å². The summed E-state index contributed by atoms with van der Waals surface area (Å²) in [6, 6.07) is 6.18. The van der Waals surface area contributed by atoms with Crippen LogP contribution in [-0.4, -0.2) is 36.0 Å². The molecule has 1 amide bonds. The maximum atomic E-state index is 12.9. The minimum absolute atomic E-state index is 0.0401. The molecule has 0 radical (unpaired) electrons. The number of nitrogens with zero attached hydrogens (tertiary/aromatic N) is 1. The number of fused-ring (bicyclic) bond motifs is 2. The van der Waals surface area contributed by atoms with Crippen LogP contribution in [0.2, 0.25) is 0 Å². The van der Waals surface area contributed by atoms with Gasteiger partial charge in [0, 0.05) is 32.0 Å². The number of hydrogen-bond donors (Lipinski definition) is 1. The molecule has 4 rings (SSSR count). The third kappa shape index (κ3) is 2.90. The van der Waals surface area contributed by atoms with Crippen LogP contribution >= 0.6 is 0 Å². The summed E-state index contributed by atoms with van der Waals surface area (Å²) in [5, 5.41) is 0. The molecule has 0 aromatic heterocycles. The number of amides is 1. The Labute approximate surface area is 142 Å². The van der Waals surface area contributed by atoms with Crippen LogP contribution in [0.5, 0.6) is 5.75 Å². The van der Waals surface area contributed by atoms with Gasteiger partial charge in [0.1, 0.15) is 17.7 Å². The van der Waals surface area contributed by atoms with Crippen molar-refractivity contribution in [1.82, 2.24) is 4.90 Å². The van der Waals surface area contributed by atoms with E-state index in [1.165, 1.54) is 25.0 Å². The van der Waals surface area contributed by atoms with E-state index in [-0.39, 0.29) is 29.8 Å². The lowest BCUT2D eigenvalue weighted by atomic mass is 9.83. The summed E-state index contributed by atoms with van der Waals surface area (Å²) in [5.41, 5.74) is 6.31. The molecule has 2 aliphatic carbocycles.